The highest BCUT2D eigenvalue weighted by Gasteiger charge is 2.30. The Kier molecular flexibility index (Phi) is 7.89. The fourth-order valence-electron chi connectivity index (χ4n) is 6.34. The summed E-state index contributed by atoms with van der Waals surface area (Å²) in [6.45, 7) is 9.31. The predicted molar refractivity (Wildman–Crippen MR) is 177 cm³/mol. The molecule has 7 rings (SSSR count). The number of nitrogens with zero attached hydrogens (tertiary/aromatic N) is 4. The second-order valence-electron chi connectivity index (χ2n) is 12.2. The number of carbonyl (C=O) groups excluding carboxylic acids is 1. The number of furan rings is 1. The van der Waals surface area contributed by atoms with Crippen molar-refractivity contribution in [3.8, 4) is 11.5 Å². The number of nitrogens with one attached hydrogen (secondary N) is 1. The van der Waals surface area contributed by atoms with Crippen molar-refractivity contribution in [1.82, 2.24) is 10.1 Å². The maximum absolute atomic E-state index is 13.4. The van der Waals surface area contributed by atoms with Crippen LogP contribution in [0.3, 0.4) is 0 Å². The fourth-order valence-corrected chi connectivity index (χ4v) is 7.36. The van der Waals surface area contributed by atoms with Crippen LogP contribution < -0.4 is 15.1 Å². The molecule has 2 fully saturated rings. The van der Waals surface area contributed by atoms with Crippen LogP contribution >= 0.6 is 11.3 Å². The van der Waals surface area contributed by atoms with Crippen LogP contribution in [0, 0.1) is 0 Å². The molecule has 0 bridgehead atoms. The lowest BCUT2D eigenvalue weighted by Gasteiger charge is -2.27. The van der Waals surface area contributed by atoms with Crippen LogP contribution in [-0.4, -0.2) is 35.7 Å². The minimum atomic E-state index is -0.172. The van der Waals surface area contributed by atoms with Gasteiger partial charge in [-0.3, -0.25) is 10.1 Å². The Morgan fingerprint density at radius 1 is 1.02 bits per heavy atom. The van der Waals surface area contributed by atoms with Crippen LogP contribution in [0.5, 0.6) is 0 Å². The first-order valence-electron chi connectivity index (χ1n) is 15.9. The minimum Gasteiger partial charge on any atom is -0.454 e. The molecule has 0 saturated carbocycles. The van der Waals surface area contributed by atoms with Crippen LogP contribution in [0.15, 0.2) is 63.5 Å². The van der Waals surface area contributed by atoms with Crippen molar-refractivity contribution in [2.75, 3.05) is 34.8 Å². The van der Waals surface area contributed by atoms with Crippen LogP contribution in [-0.2, 0) is 6.42 Å². The monoisotopic (exact) mass is 609 g/mol. The van der Waals surface area contributed by atoms with Crippen molar-refractivity contribution in [2.24, 2.45) is 0 Å². The smallest absolute Gasteiger partial charge is 0.257 e. The van der Waals surface area contributed by atoms with Crippen LogP contribution in [0.25, 0.3) is 22.4 Å². The van der Waals surface area contributed by atoms with Gasteiger partial charge >= 0.3 is 0 Å². The highest BCUT2D eigenvalue weighted by atomic mass is 32.1. The second kappa shape index (κ2) is 12.1. The summed E-state index contributed by atoms with van der Waals surface area (Å²) in [5.41, 5.74) is 5.58. The molecule has 44 heavy (non-hydrogen) atoms. The van der Waals surface area contributed by atoms with Gasteiger partial charge in [0, 0.05) is 42.3 Å². The molecule has 2 saturated heterocycles. The Bertz CT molecular complexity index is 1760. The van der Waals surface area contributed by atoms with Crippen molar-refractivity contribution in [3.63, 3.8) is 0 Å². The van der Waals surface area contributed by atoms with E-state index < -0.39 is 0 Å². The van der Waals surface area contributed by atoms with E-state index >= 15 is 0 Å². The lowest BCUT2D eigenvalue weighted by Crippen LogP contribution is -2.28. The third-order valence-electron chi connectivity index (χ3n) is 8.88. The second-order valence-corrected chi connectivity index (χ2v) is 13.2. The molecule has 5 aromatic rings. The molecule has 2 aliphatic heterocycles. The number of hydrogen-bond donors (Lipinski definition) is 1. The van der Waals surface area contributed by atoms with E-state index in [9.17, 15) is 4.79 Å². The van der Waals surface area contributed by atoms with Crippen molar-refractivity contribution >= 4 is 44.0 Å². The third kappa shape index (κ3) is 5.61. The van der Waals surface area contributed by atoms with Gasteiger partial charge in [-0.1, -0.05) is 43.3 Å². The van der Waals surface area contributed by atoms with Gasteiger partial charge in [-0.05, 0) is 92.5 Å². The highest BCUT2D eigenvalue weighted by Crippen LogP contribution is 2.42. The Labute approximate surface area is 262 Å². The molecule has 0 aliphatic carbocycles. The molecule has 1 N–H and O–H groups in total. The van der Waals surface area contributed by atoms with Gasteiger partial charge in [0.2, 0.25) is 0 Å². The zero-order valence-electron chi connectivity index (χ0n) is 25.6. The van der Waals surface area contributed by atoms with E-state index in [0.29, 0.717) is 16.6 Å². The number of anilines is 3. The molecule has 8 nitrogen and oxygen atoms in total. The lowest BCUT2D eigenvalue weighted by molar-refractivity contribution is 0.102. The van der Waals surface area contributed by atoms with Crippen molar-refractivity contribution in [3.05, 3.63) is 77.2 Å². The van der Waals surface area contributed by atoms with E-state index in [0.717, 1.165) is 96.3 Å². The average Bonchev–Trinajstić information content (AvgIpc) is 3.86. The standard InChI is InChI=1S/C35H39N5O3S/c1-4-23-10-15-29-25(19-23)20-31(42-29)32-34(39-16-6-5-7-17-39)44-35(36-32)37-33(41)24-11-13-26(14-12-24)40-18-8-9-28(40)30-21-27(22(2)3)38-43-30/h10-15,19-22,28H,4-9,16-18H2,1-3H3,(H,36,37,41). The number of thiazole rings is 1. The first kappa shape index (κ1) is 28.6. The van der Waals surface area contributed by atoms with Gasteiger partial charge in [0.1, 0.15) is 16.3 Å². The summed E-state index contributed by atoms with van der Waals surface area (Å²) < 4.78 is 12.0. The Morgan fingerprint density at radius 2 is 1.84 bits per heavy atom. The SMILES string of the molecule is CCc1ccc2oc(-c3nc(NC(=O)c4ccc(N5CCCC5c5cc(C(C)C)no5)cc4)sc3N3CCCCC3)cc2c1. The van der Waals surface area contributed by atoms with E-state index in [4.69, 9.17) is 13.9 Å². The average molecular weight is 610 g/mol. The molecule has 5 heterocycles. The van der Waals surface area contributed by atoms with Gasteiger partial charge in [-0.25, -0.2) is 4.98 Å². The van der Waals surface area contributed by atoms with Crippen molar-refractivity contribution < 1.29 is 13.7 Å². The summed E-state index contributed by atoms with van der Waals surface area (Å²) in [5.74, 6) is 1.81. The van der Waals surface area contributed by atoms with Crippen LogP contribution in [0.4, 0.5) is 15.8 Å². The molecule has 0 radical (unpaired) electrons. The van der Waals surface area contributed by atoms with Gasteiger partial charge in [-0.2, -0.15) is 0 Å². The van der Waals surface area contributed by atoms with E-state index in [-0.39, 0.29) is 11.9 Å². The summed E-state index contributed by atoms with van der Waals surface area (Å²) in [6.07, 6.45) is 6.62. The number of hydrogen-bond acceptors (Lipinski definition) is 8. The normalized spacial score (nSPS) is 17.2. The van der Waals surface area contributed by atoms with E-state index in [1.165, 1.54) is 23.3 Å². The van der Waals surface area contributed by atoms with E-state index in [1.54, 1.807) is 0 Å². The number of piperidine rings is 1. The summed E-state index contributed by atoms with van der Waals surface area (Å²) >= 11 is 1.53. The topological polar surface area (TPSA) is 87.6 Å². The zero-order chi connectivity index (χ0) is 30.2. The molecule has 2 aromatic carbocycles. The fraction of sp³-hybridized carbons (Fsp3) is 0.400. The number of rotatable bonds is 8. The van der Waals surface area contributed by atoms with E-state index in [2.05, 4.69) is 65.3 Å². The lowest BCUT2D eigenvalue weighted by atomic mass is 10.1. The van der Waals surface area contributed by atoms with Gasteiger partial charge in [0.25, 0.3) is 5.91 Å². The number of aryl methyl sites for hydroxylation is 1. The number of benzene rings is 2. The molecule has 2 aliphatic rings. The third-order valence-corrected chi connectivity index (χ3v) is 9.91. The van der Waals surface area contributed by atoms with Crippen molar-refractivity contribution in [1.29, 1.82) is 0 Å². The number of fused-ring (bicyclic) bond motifs is 1. The number of carbonyl (C=O) groups is 1. The molecule has 1 unspecified atom stereocenters. The van der Waals surface area contributed by atoms with Gasteiger partial charge in [0.15, 0.2) is 16.7 Å². The van der Waals surface area contributed by atoms with Gasteiger partial charge < -0.3 is 18.7 Å². The molecule has 0 spiro atoms. The first-order valence-corrected chi connectivity index (χ1v) is 16.7. The van der Waals surface area contributed by atoms with Crippen molar-refractivity contribution in [2.45, 2.75) is 71.3 Å². The maximum Gasteiger partial charge on any atom is 0.257 e. The number of amides is 1. The highest BCUT2D eigenvalue weighted by molar-refractivity contribution is 7.20. The first-order chi connectivity index (χ1) is 21.5. The quantitative estimate of drug-likeness (QED) is 0.188. The summed E-state index contributed by atoms with van der Waals surface area (Å²) in [5, 5.41) is 10.1. The predicted octanol–water partition coefficient (Wildman–Crippen LogP) is 8.81. The minimum absolute atomic E-state index is 0.156. The summed E-state index contributed by atoms with van der Waals surface area (Å²) in [7, 11) is 0. The molecule has 1 amide bonds. The van der Waals surface area contributed by atoms with E-state index in [1.807, 2.05) is 30.3 Å². The Balaban J connectivity index is 1.11. The van der Waals surface area contributed by atoms with Crippen LogP contribution in [0.2, 0.25) is 0 Å². The molecule has 1 atom stereocenters. The van der Waals surface area contributed by atoms with Gasteiger partial charge in [0.05, 0.1) is 11.7 Å². The maximum atomic E-state index is 13.4. The van der Waals surface area contributed by atoms with Crippen LogP contribution in [0.1, 0.15) is 92.2 Å². The van der Waals surface area contributed by atoms with Gasteiger partial charge in [-0.15, -0.1) is 0 Å². The molecule has 228 valence electrons. The summed E-state index contributed by atoms with van der Waals surface area (Å²) in [6, 6.07) is 18.5. The Morgan fingerprint density at radius 3 is 2.59 bits per heavy atom. The molecular weight excluding hydrogens is 570 g/mol. The Hall–Kier alpha value is -4.11. The zero-order valence-corrected chi connectivity index (χ0v) is 26.5. The molecule has 9 heteroatoms. The summed E-state index contributed by atoms with van der Waals surface area (Å²) in [4.78, 5) is 23.1. The largest absolute Gasteiger partial charge is 0.454 e. The number of aromatic nitrogens is 2. The molecular formula is C35H39N5O3S. The molecule has 3 aromatic heterocycles.